The lowest BCUT2D eigenvalue weighted by Crippen LogP contribution is -2.30. The first-order valence-corrected chi connectivity index (χ1v) is 6.92. The SMILES string of the molecule is CC(C)c1ccnn(Oc2c(Cl)cc(NN)cc2Cl)c1=O. The van der Waals surface area contributed by atoms with Crippen LogP contribution in [0.15, 0.2) is 29.2 Å². The molecule has 1 aromatic carbocycles. The summed E-state index contributed by atoms with van der Waals surface area (Å²) in [6, 6.07) is 4.71. The number of anilines is 1. The van der Waals surface area contributed by atoms with Crippen LogP contribution in [-0.4, -0.2) is 9.94 Å². The highest BCUT2D eigenvalue weighted by atomic mass is 35.5. The molecule has 6 nitrogen and oxygen atoms in total. The second-order valence-corrected chi connectivity index (χ2v) is 5.44. The first-order valence-electron chi connectivity index (χ1n) is 6.16. The molecule has 0 bridgehead atoms. The molecule has 1 aromatic heterocycles. The molecular weight excluding hydrogens is 315 g/mol. The molecule has 0 aliphatic heterocycles. The van der Waals surface area contributed by atoms with Gasteiger partial charge < -0.3 is 10.3 Å². The molecule has 0 radical (unpaired) electrons. The lowest BCUT2D eigenvalue weighted by Gasteiger charge is -2.12. The minimum Gasteiger partial charge on any atom is -0.351 e. The summed E-state index contributed by atoms with van der Waals surface area (Å²) in [5.74, 6) is 5.47. The highest BCUT2D eigenvalue weighted by molar-refractivity contribution is 6.37. The van der Waals surface area contributed by atoms with Crippen LogP contribution in [0.25, 0.3) is 0 Å². The number of halogens is 2. The molecule has 0 amide bonds. The highest BCUT2D eigenvalue weighted by Gasteiger charge is 2.14. The predicted molar refractivity (Wildman–Crippen MR) is 82.9 cm³/mol. The summed E-state index contributed by atoms with van der Waals surface area (Å²) in [5, 5.41) is 4.28. The third-order valence-corrected chi connectivity index (χ3v) is 3.37. The second kappa shape index (κ2) is 6.34. The largest absolute Gasteiger partial charge is 0.351 e. The Balaban J connectivity index is 2.44. The van der Waals surface area contributed by atoms with Crippen LogP contribution in [0.5, 0.6) is 5.75 Å². The van der Waals surface area contributed by atoms with Gasteiger partial charge in [0.25, 0.3) is 0 Å². The molecule has 0 unspecified atom stereocenters. The fraction of sp³-hybridized carbons (Fsp3) is 0.231. The Morgan fingerprint density at radius 1 is 1.33 bits per heavy atom. The number of hydrogen-bond donors (Lipinski definition) is 2. The maximum atomic E-state index is 12.2. The van der Waals surface area contributed by atoms with E-state index in [0.29, 0.717) is 11.3 Å². The van der Waals surface area contributed by atoms with Crippen LogP contribution in [-0.2, 0) is 0 Å². The number of hydrogen-bond acceptors (Lipinski definition) is 5. The lowest BCUT2D eigenvalue weighted by atomic mass is 10.1. The molecule has 2 rings (SSSR count). The molecule has 2 aromatic rings. The van der Waals surface area contributed by atoms with E-state index in [9.17, 15) is 4.79 Å². The molecule has 0 atom stereocenters. The van der Waals surface area contributed by atoms with E-state index in [4.69, 9.17) is 33.9 Å². The van der Waals surface area contributed by atoms with Gasteiger partial charge in [-0.1, -0.05) is 41.9 Å². The van der Waals surface area contributed by atoms with Gasteiger partial charge in [-0.05, 0) is 24.1 Å². The third kappa shape index (κ3) is 3.29. The maximum Gasteiger partial charge on any atom is 0.307 e. The zero-order chi connectivity index (χ0) is 15.6. The third-order valence-electron chi connectivity index (χ3n) is 2.81. The normalized spacial score (nSPS) is 10.8. The first-order chi connectivity index (χ1) is 9.93. The van der Waals surface area contributed by atoms with E-state index in [1.807, 2.05) is 13.8 Å². The zero-order valence-electron chi connectivity index (χ0n) is 11.4. The maximum absolute atomic E-state index is 12.2. The summed E-state index contributed by atoms with van der Waals surface area (Å²) in [6.45, 7) is 3.81. The van der Waals surface area contributed by atoms with E-state index in [1.54, 1.807) is 6.07 Å². The number of nitrogens with zero attached hydrogens (tertiary/aromatic N) is 2. The van der Waals surface area contributed by atoms with Crippen molar-refractivity contribution < 1.29 is 4.84 Å². The van der Waals surface area contributed by atoms with Crippen LogP contribution < -0.4 is 21.7 Å². The Bertz CT molecular complexity index is 693. The number of hydrazine groups is 1. The summed E-state index contributed by atoms with van der Waals surface area (Å²) < 4.78 is 0. The quantitative estimate of drug-likeness (QED) is 0.666. The number of nitrogen functional groups attached to an aromatic ring is 1. The summed E-state index contributed by atoms with van der Waals surface area (Å²) in [7, 11) is 0. The average Bonchev–Trinajstić information content (AvgIpc) is 2.43. The van der Waals surface area contributed by atoms with E-state index in [-0.39, 0.29) is 27.3 Å². The van der Waals surface area contributed by atoms with Crippen molar-refractivity contribution in [3.05, 3.63) is 50.4 Å². The van der Waals surface area contributed by atoms with Crippen molar-refractivity contribution in [2.24, 2.45) is 5.84 Å². The average molecular weight is 329 g/mol. The molecule has 0 saturated carbocycles. The number of aromatic nitrogens is 2. The van der Waals surface area contributed by atoms with Crippen molar-refractivity contribution in [3.63, 3.8) is 0 Å². The van der Waals surface area contributed by atoms with E-state index in [2.05, 4.69) is 10.5 Å². The Morgan fingerprint density at radius 3 is 2.48 bits per heavy atom. The first kappa shape index (κ1) is 15.6. The molecule has 0 aliphatic rings. The van der Waals surface area contributed by atoms with Crippen molar-refractivity contribution in [3.8, 4) is 5.75 Å². The van der Waals surface area contributed by atoms with Crippen LogP contribution in [0.1, 0.15) is 25.3 Å². The van der Waals surface area contributed by atoms with Gasteiger partial charge in [-0.3, -0.25) is 10.6 Å². The Morgan fingerprint density at radius 2 is 1.95 bits per heavy atom. The van der Waals surface area contributed by atoms with Crippen molar-refractivity contribution in [2.45, 2.75) is 19.8 Å². The molecule has 3 N–H and O–H groups in total. The van der Waals surface area contributed by atoms with Gasteiger partial charge in [0.2, 0.25) is 0 Å². The van der Waals surface area contributed by atoms with E-state index >= 15 is 0 Å². The van der Waals surface area contributed by atoms with Gasteiger partial charge in [0.05, 0.1) is 21.9 Å². The molecule has 1 heterocycles. The molecule has 0 aliphatic carbocycles. The van der Waals surface area contributed by atoms with Crippen molar-refractivity contribution >= 4 is 28.9 Å². The van der Waals surface area contributed by atoms with Crippen LogP contribution in [0.2, 0.25) is 10.0 Å². The number of rotatable bonds is 4. The second-order valence-electron chi connectivity index (χ2n) is 4.62. The Kier molecular flexibility index (Phi) is 4.72. The van der Waals surface area contributed by atoms with Gasteiger partial charge in [0.15, 0.2) is 5.75 Å². The van der Waals surface area contributed by atoms with Crippen molar-refractivity contribution in [1.29, 1.82) is 0 Å². The summed E-state index contributed by atoms with van der Waals surface area (Å²) in [4.78, 5) is 18.5. The summed E-state index contributed by atoms with van der Waals surface area (Å²) in [5.41, 5.74) is 3.17. The van der Waals surface area contributed by atoms with E-state index in [0.717, 1.165) is 4.85 Å². The zero-order valence-corrected chi connectivity index (χ0v) is 12.9. The highest BCUT2D eigenvalue weighted by Crippen LogP contribution is 2.35. The monoisotopic (exact) mass is 328 g/mol. The summed E-state index contributed by atoms with van der Waals surface area (Å²) in [6.07, 6.45) is 1.48. The van der Waals surface area contributed by atoms with E-state index < -0.39 is 0 Å². The summed E-state index contributed by atoms with van der Waals surface area (Å²) >= 11 is 12.1. The number of benzene rings is 1. The molecule has 0 saturated heterocycles. The lowest BCUT2D eigenvalue weighted by molar-refractivity contribution is 0.163. The van der Waals surface area contributed by atoms with Crippen LogP contribution in [0.4, 0.5) is 5.69 Å². The van der Waals surface area contributed by atoms with Crippen LogP contribution in [0.3, 0.4) is 0 Å². The standard InChI is InChI=1S/C13H14Cl2N4O2/c1-7(2)9-3-4-17-19(13(9)20)21-12-10(14)5-8(18-16)6-11(12)15/h3-7,18H,16H2,1-2H3. The topological polar surface area (TPSA) is 82.2 Å². The smallest absolute Gasteiger partial charge is 0.307 e. The molecule has 21 heavy (non-hydrogen) atoms. The molecular formula is C13H14Cl2N4O2. The Labute approximate surface area is 131 Å². The van der Waals surface area contributed by atoms with Crippen LogP contribution >= 0.6 is 23.2 Å². The number of nitrogens with one attached hydrogen (secondary N) is 1. The van der Waals surface area contributed by atoms with Gasteiger partial charge in [-0.25, -0.2) is 0 Å². The Hall–Kier alpha value is -1.76. The molecule has 0 fully saturated rings. The molecule has 0 spiro atoms. The number of nitrogens with two attached hydrogens (primary N) is 1. The van der Waals surface area contributed by atoms with Gasteiger partial charge in [0.1, 0.15) is 0 Å². The van der Waals surface area contributed by atoms with Gasteiger partial charge >= 0.3 is 5.56 Å². The van der Waals surface area contributed by atoms with Crippen molar-refractivity contribution in [2.75, 3.05) is 5.43 Å². The predicted octanol–water partition coefficient (Wildman–Crippen LogP) is 2.80. The van der Waals surface area contributed by atoms with Gasteiger partial charge in [-0.15, -0.1) is 5.10 Å². The van der Waals surface area contributed by atoms with E-state index in [1.165, 1.54) is 18.3 Å². The molecule has 112 valence electrons. The van der Waals surface area contributed by atoms with Gasteiger partial charge in [-0.2, -0.15) is 0 Å². The van der Waals surface area contributed by atoms with Crippen molar-refractivity contribution in [1.82, 2.24) is 9.94 Å². The minimum atomic E-state index is -0.361. The minimum absolute atomic E-state index is 0.0464. The van der Waals surface area contributed by atoms with Gasteiger partial charge in [0, 0.05) is 5.56 Å². The molecule has 8 heteroatoms. The van der Waals surface area contributed by atoms with Crippen LogP contribution in [0, 0.1) is 0 Å². The fourth-order valence-corrected chi connectivity index (χ4v) is 2.29. The fourth-order valence-electron chi connectivity index (χ4n) is 1.73.